The molecule has 0 fully saturated rings. The third kappa shape index (κ3) is 4.16. The summed E-state index contributed by atoms with van der Waals surface area (Å²) in [7, 11) is 0. The summed E-state index contributed by atoms with van der Waals surface area (Å²) in [6.07, 6.45) is 0.877. The summed E-state index contributed by atoms with van der Waals surface area (Å²) in [5.41, 5.74) is 0.588. The van der Waals surface area contributed by atoms with Crippen molar-refractivity contribution >= 4 is 6.01 Å². The van der Waals surface area contributed by atoms with Gasteiger partial charge in [-0.1, -0.05) is 38.0 Å². The molecule has 1 heterocycles. The van der Waals surface area contributed by atoms with E-state index in [1.807, 2.05) is 20.8 Å². The Labute approximate surface area is 127 Å². The van der Waals surface area contributed by atoms with Crippen molar-refractivity contribution < 1.29 is 17.9 Å². The van der Waals surface area contributed by atoms with Crippen LogP contribution < -0.4 is 10.1 Å². The number of aromatic nitrogens is 2. The maximum atomic E-state index is 12.2. The fourth-order valence-electron chi connectivity index (χ4n) is 1.73. The fraction of sp³-hybridized carbons (Fsp3) is 0.467. The van der Waals surface area contributed by atoms with Gasteiger partial charge in [-0.15, -0.1) is 5.10 Å². The van der Waals surface area contributed by atoms with Crippen LogP contribution in [-0.2, 0) is 12.0 Å². The fourth-order valence-corrected chi connectivity index (χ4v) is 1.73. The largest absolute Gasteiger partial charge is 0.435 e. The summed E-state index contributed by atoms with van der Waals surface area (Å²) < 4.78 is 34.3. The molecule has 0 unspecified atom stereocenters. The van der Waals surface area contributed by atoms with Gasteiger partial charge in [0.2, 0.25) is 5.89 Å². The lowest BCUT2D eigenvalue weighted by atomic mass is 9.90. The van der Waals surface area contributed by atoms with Gasteiger partial charge in [0.05, 0.1) is 0 Å². The molecule has 1 aromatic carbocycles. The Morgan fingerprint density at radius 1 is 1.32 bits per heavy atom. The number of benzene rings is 1. The van der Waals surface area contributed by atoms with Gasteiger partial charge in [0.1, 0.15) is 5.75 Å². The van der Waals surface area contributed by atoms with Crippen molar-refractivity contribution in [1.82, 2.24) is 10.2 Å². The van der Waals surface area contributed by atoms with Gasteiger partial charge in [0, 0.05) is 12.0 Å². The molecule has 0 spiro atoms. The van der Waals surface area contributed by atoms with Gasteiger partial charge in [0.25, 0.3) is 0 Å². The second kappa shape index (κ2) is 6.72. The first-order chi connectivity index (χ1) is 10.4. The second-order valence-corrected chi connectivity index (χ2v) is 5.53. The lowest BCUT2D eigenvalue weighted by molar-refractivity contribution is -0.0498. The first-order valence-electron chi connectivity index (χ1n) is 7.02. The van der Waals surface area contributed by atoms with E-state index in [0.717, 1.165) is 12.0 Å². The topological polar surface area (TPSA) is 60.2 Å². The van der Waals surface area contributed by atoms with Crippen LogP contribution in [0.15, 0.2) is 28.7 Å². The van der Waals surface area contributed by atoms with Crippen molar-refractivity contribution in [2.24, 2.45) is 0 Å². The number of halogens is 2. The molecule has 2 rings (SSSR count). The van der Waals surface area contributed by atoms with Crippen molar-refractivity contribution in [2.45, 2.75) is 45.8 Å². The standard InChI is InChI=1S/C15H19F2N3O2/c1-4-15(2,3)12-19-20-14(22-12)18-9-10-6-5-7-11(8-10)21-13(16)17/h5-8,13H,4,9H2,1-3H3,(H,18,20). The molecule has 0 amide bonds. The Kier molecular flexibility index (Phi) is 4.95. The van der Waals surface area contributed by atoms with Gasteiger partial charge in [0.15, 0.2) is 0 Å². The van der Waals surface area contributed by atoms with Gasteiger partial charge in [-0.05, 0) is 24.1 Å². The molecule has 0 aliphatic carbocycles. The molecular formula is C15H19F2N3O2. The molecule has 1 aromatic heterocycles. The number of nitrogens with one attached hydrogen (secondary N) is 1. The molecule has 5 nitrogen and oxygen atoms in total. The zero-order valence-corrected chi connectivity index (χ0v) is 12.8. The molecule has 120 valence electrons. The average Bonchev–Trinajstić information content (AvgIpc) is 2.94. The first-order valence-corrected chi connectivity index (χ1v) is 7.02. The molecular weight excluding hydrogens is 292 g/mol. The number of alkyl halides is 2. The Morgan fingerprint density at radius 3 is 2.77 bits per heavy atom. The predicted octanol–water partition coefficient (Wildman–Crippen LogP) is 3.97. The molecule has 0 bridgehead atoms. The monoisotopic (exact) mass is 311 g/mol. The second-order valence-electron chi connectivity index (χ2n) is 5.53. The van der Waals surface area contributed by atoms with E-state index in [0.29, 0.717) is 18.5 Å². The summed E-state index contributed by atoms with van der Waals surface area (Å²) in [4.78, 5) is 0. The smallest absolute Gasteiger partial charge is 0.387 e. The van der Waals surface area contributed by atoms with Gasteiger partial charge < -0.3 is 14.5 Å². The van der Waals surface area contributed by atoms with Gasteiger partial charge in [-0.25, -0.2) is 0 Å². The van der Waals surface area contributed by atoms with E-state index < -0.39 is 6.61 Å². The number of rotatable bonds is 7. The SMILES string of the molecule is CCC(C)(C)c1nnc(NCc2cccc(OC(F)F)c2)o1. The highest BCUT2D eigenvalue weighted by atomic mass is 19.3. The van der Waals surface area contributed by atoms with Crippen molar-refractivity contribution in [3.63, 3.8) is 0 Å². The average molecular weight is 311 g/mol. The van der Waals surface area contributed by atoms with Crippen LogP contribution in [0.5, 0.6) is 5.75 Å². The minimum atomic E-state index is -2.84. The summed E-state index contributed by atoms with van der Waals surface area (Å²) in [5, 5.41) is 10.9. The highest BCUT2D eigenvalue weighted by Crippen LogP contribution is 2.26. The van der Waals surface area contributed by atoms with E-state index in [2.05, 4.69) is 20.3 Å². The molecule has 7 heteroatoms. The van der Waals surface area contributed by atoms with Crippen LogP contribution in [-0.4, -0.2) is 16.8 Å². The lowest BCUT2D eigenvalue weighted by Crippen LogP contribution is -2.15. The normalized spacial score (nSPS) is 11.7. The molecule has 1 N–H and O–H groups in total. The van der Waals surface area contributed by atoms with E-state index in [1.165, 1.54) is 12.1 Å². The van der Waals surface area contributed by atoms with Crippen molar-refractivity contribution in [3.8, 4) is 5.75 Å². The maximum absolute atomic E-state index is 12.2. The quantitative estimate of drug-likeness (QED) is 0.838. The van der Waals surface area contributed by atoms with Crippen LogP contribution >= 0.6 is 0 Å². The third-order valence-electron chi connectivity index (χ3n) is 3.46. The number of hydrogen-bond acceptors (Lipinski definition) is 5. The van der Waals surface area contributed by atoms with E-state index in [1.54, 1.807) is 12.1 Å². The number of nitrogens with zero attached hydrogens (tertiary/aromatic N) is 2. The van der Waals surface area contributed by atoms with E-state index in [4.69, 9.17) is 4.42 Å². The molecule has 0 aliphatic rings. The summed E-state index contributed by atoms with van der Waals surface area (Å²) in [6.45, 7) is 3.63. The molecule has 0 radical (unpaired) electrons. The molecule has 2 aromatic rings. The summed E-state index contributed by atoms with van der Waals surface area (Å²) in [6, 6.07) is 6.75. The van der Waals surface area contributed by atoms with Crippen LogP contribution in [0.4, 0.5) is 14.8 Å². The predicted molar refractivity (Wildman–Crippen MR) is 78.0 cm³/mol. The number of hydrogen-bond donors (Lipinski definition) is 1. The lowest BCUT2D eigenvalue weighted by Gasteiger charge is -2.16. The van der Waals surface area contributed by atoms with Crippen LogP contribution in [0, 0.1) is 0 Å². The van der Waals surface area contributed by atoms with Crippen molar-refractivity contribution in [3.05, 3.63) is 35.7 Å². The summed E-state index contributed by atoms with van der Waals surface area (Å²) in [5.74, 6) is 0.680. The zero-order valence-electron chi connectivity index (χ0n) is 12.8. The first kappa shape index (κ1) is 16.2. The van der Waals surface area contributed by atoms with Crippen molar-refractivity contribution in [1.29, 1.82) is 0 Å². The Morgan fingerprint density at radius 2 is 2.09 bits per heavy atom. The van der Waals surface area contributed by atoms with E-state index in [-0.39, 0.29) is 11.2 Å². The highest BCUT2D eigenvalue weighted by molar-refractivity contribution is 5.31. The third-order valence-corrected chi connectivity index (χ3v) is 3.46. The van der Waals surface area contributed by atoms with E-state index >= 15 is 0 Å². The Balaban J connectivity index is 1.99. The highest BCUT2D eigenvalue weighted by Gasteiger charge is 2.25. The number of anilines is 1. The Hall–Kier alpha value is -2.18. The minimum absolute atomic E-state index is 0.118. The van der Waals surface area contributed by atoms with Gasteiger partial charge in [-0.3, -0.25) is 0 Å². The van der Waals surface area contributed by atoms with Gasteiger partial charge in [-0.2, -0.15) is 8.78 Å². The van der Waals surface area contributed by atoms with Crippen LogP contribution in [0.3, 0.4) is 0 Å². The molecule has 0 atom stereocenters. The summed E-state index contributed by atoms with van der Waals surface area (Å²) >= 11 is 0. The molecule has 0 saturated heterocycles. The number of ether oxygens (including phenoxy) is 1. The zero-order chi connectivity index (χ0) is 16.2. The van der Waals surface area contributed by atoms with Crippen molar-refractivity contribution in [2.75, 3.05) is 5.32 Å². The van der Waals surface area contributed by atoms with Gasteiger partial charge >= 0.3 is 12.6 Å². The van der Waals surface area contributed by atoms with Crippen LogP contribution in [0.2, 0.25) is 0 Å². The molecule has 0 aliphatic heterocycles. The van der Waals surface area contributed by atoms with Crippen LogP contribution in [0.25, 0.3) is 0 Å². The molecule has 0 saturated carbocycles. The molecule has 22 heavy (non-hydrogen) atoms. The Bertz CT molecular complexity index is 614. The maximum Gasteiger partial charge on any atom is 0.387 e. The van der Waals surface area contributed by atoms with Crippen LogP contribution in [0.1, 0.15) is 38.6 Å². The minimum Gasteiger partial charge on any atom is -0.435 e. The van der Waals surface area contributed by atoms with E-state index in [9.17, 15) is 8.78 Å².